The van der Waals surface area contributed by atoms with Crippen molar-refractivity contribution in [1.29, 1.82) is 0 Å². The summed E-state index contributed by atoms with van der Waals surface area (Å²) in [7, 11) is 1.24. The molecule has 0 saturated carbocycles. The van der Waals surface area contributed by atoms with Crippen molar-refractivity contribution in [2.24, 2.45) is 0 Å². The van der Waals surface area contributed by atoms with Crippen LogP contribution in [0.5, 0.6) is 0 Å². The standard InChI is InChI=1S/C23H22N2O9/c1-33-23(30)16-4-2-14(3-5-16)19-18(20(27)15-6-8-17(9-7-15)25(31)32)21(28)22(29)24(19)10-12-34-13-11-26/h2-9,19,26-27H,10-13H2,1H3/b20-18+/t19-/m0/s1. The van der Waals surface area contributed by atoms with Gasteiger partial charge < -0.3 is 24.6 Å². The number of amides is 1. The van der Waals surface area contributed by atoms with Gasteiger partial charge in [-0.15, -0.1) is 0 Å². The second kappa shape index (κ2) is 10.7. The van der Waals surface area contributed by atoms with Crippen LogP contribution in [-0.4, -0.2) is 71.2 Å². The molecule has 0 radical (unpaired) electrons. The zero-order chi connectivity index (χ0) is 24.8. The molecule has 11 heteroatoms. The van der Waals surface area contributed by atoms with Gasteiger partial charge in [-0.1, -0.05) is 12.1 Å². The highest BCUT2D eigenvalue weighted by Gasteiger charge is 2.45. The lowest BCUT2D eigenvalue weighted by molar-refractivity contribution is -0.384. The third-order valence-corrected chi connectivity index (χ3v) is 5.25. The monoisotopic (exact) mass is 470 g/mol. The molecule has 11 nitrogen and oxygen atoms in total. The number of non-ortho nitro benzene ring substituents is 1. The Morgan fingerprint density at radius 1 is 1.06 bits per heavy atom. The number of Topliss-reactive ketones (excluding diaryl/α,β-unsaturated/α-hetero) is 1. The van der Waals surface area contributed by atoms with Gasteiger partial charge in [-0.2, -0.15) is 0 Å². The number of nitro benzene ring substituents is 1. The minimum Gasteiger partial charge on any atom is -0.507 e. The SMILES string of the molecule is COC(=O)c1ccc([C@H]2/C(=C(\O)c3ccc([N+](=O)[O-])cc3)C(=O)C(=O)N2CCOCCO)cc1. The molecule has 3 rings (SSSR count). The molecule has 1 amide bonds. The van der Waals surface area contributed by atoms with Crippen molar-refractivity contribution >= 4 is 29.1 Å². The fourth-order valence-corrected chi connectivity index (χ4v) is 3.60. The number of aliphatic hydroxyl groups is 2. The van der Waals surface area contributed by atoms with Crippen molar-refractivity contribution in [3.05, 3.63) is 80.9 Å². The summed E-state index contributed by atoms with van der Waals surface area (Å²) < 4.78 is 9.92. The van der Waals surface area contributed by atoms with Gasteiger partial charge >= 0.3 is 5.97 Å². The lowest BCUT2D eigenvalue weighted by Gasteiger charge is -2.25. The average molecular weight is 470 g/mol. The van der Waals surface area contributed by atoms with E-state index in [9.17, 15) is 29.6 Å². The van der Waals surface area contributed by atoms with Crippen molar-refractivity contribution in [3.63, 3.8) is 0 Å². The molecule has 1 atom stereocenters. The third kappa shape index (κ3) is 4.95. The lowest BCUT2D eigenvalue weighted by Crippen LogP contribution is -2.33. The quantitative estimate of drug-likeness (QED) is 0.106. The molecule has 1 fully saturated rings. The van der Waals surface area contributed by atoms with Crippen molar-refractivity contribution in [1.82, 2.24) is 4.90 Å². The van der Waals surface area contributed by atoms with Crippen LogP contribution in [-0.2, 0) is 19.1 Å². The maximum atomic E-state index is 12.9. The molecule has 34 heavy (non-hydrogen) atoms. The van der Waals surface area contributed by atoms with E-state index in [0.717, 1.165) is 0 Å². The molecule has 0 aromatic heterocycles. The number of aliphatic hydroxyl groups excluding tert-OH is 2. The molecule has 0 aliphatic carbocycles. The molecule has 2 N–H and O–H groups in total. The Hall–Kier alpha value is -4.09. The van der Waals surface area contributed by atoms with E-state index in [4.69, 9.17) is 9.84 Å². The van der Waals surface area contributed by atoms with Crippen molar-refractivity contribution < 1.29 is 39.0 Å². The summed E-state index contributed by atoms with van der Waals surface area (Å²) in [6, 6.07) is 9.92. The van der Waals surface area contributed by atoms with Crippen LogP contribution in [0.25, 0.3) is 5.76 Å². The molecule has 1 aliphatic rings. The first-order valence-electron chi connectivity index (χ1n) is 10.2. The first-order valence-corrected chi connectivity index (χ1v) is 10.2. The maximum Gasteiger partial charge on any atom is 0.337 e. The van der Waals surface area contributed by atoms with Gasteiger partial charge in [0.05, 0.1) is 49.0 Å². The Labute approximate surface area is 194 Å². The molecule has 0 spiro atoms. The molecule has 2 aromatic carbocycles. The van der Waals surface area contributed by atoms with Crippen LogP contribution in [0.1, 0.15) is 27.5 Å². The summed E-state index contributed by atoms with van der Waals surface area (Å²) in [5.41, 5.74) is 0.415. The minimum atomic E-state index is -1.00. The first kappa shape index (κ1) is 24.6. The number of carbonyl (C=O) groups excluding carboxylic acids is 3. The Balaban J connectivity index is 2.06. The smallest absolute Gasteiger partial charge is 0.337 e. The summed E-state index contributed by atoms with van der Waals surface area (Å²) in [4.78, 5) is 49.1. The van der Waals surface area contributed by atoms with E-state index in [1.54, 1.807) is 0 Å². The highest BCUT2D eigenvalue weighted by atomic mass is 16.6. The number of likely N-dealkylation sites (tertiary alicyclic amines) is 1. The Morgan fingerprint density at radius 3 is 2.24 bits per heavy atom. The van der Waals surface area contributed by atoms with E-state index < -0.39 is 34.4 Å². The fraction of sp³-hybridized carbons (Fsp3) is 0.261. The number of ether oxygens (including phenoxy) is 2. The van der Waals surface area contributed by atoms with Gasteiger partial charge in [0, 0.05) is 24.2 Å². The van der Waals surface area contributed by atoms with Crippen LogP contribution in [0.2, 0.25) is 0 Å². The largest absolute Gasteiger partial charge is 0.507 e. The van der Waals surface area contributed by atoms with Gasteiger partial charge in [-0.3, -0.25) is 19.7 Å². The van der Waals surface area contributed by atoms with E-state index in [-0.39, 0.29) is 48.8 Å². The average Bonchev–Trinajstić information content (AvgIpc) is 3.10. The Bertz CT molecular complexity index is 1120. The van der Waals surface area contributed by atoms with Gasteiger partial charge in [-0.25, -0.2) is 4.79 Å². The Kier molecular flexibility index (Phi) is 7.71. The summed E-state index contributed by atoms with van der Waals surface area (Å²) in [6.07, 6.45) is 0. The van der Waals surface area contributed by atoms with Crippen LogP contribution in [0.4, 0.5) is 5.69 Å². The van der Waals surface area contributed by atoms with E-state index in [0.29, 0.717) is 5.56 Å². The molecule has 1 saturated heterocycles. The van der Waals surface area contributed by atoms with Crippen molar-refractivity contribution in [2.45, 2.75) is 6.04 Å². The number of methoxy groups -OCH3 is 1. The molecule has 1 aliphatic heterocycles. The van der Waals surface area contributed by atoms with Crippen molar-refractivity contribution in [3.8, 4) is 0 Å². The molecule has 0 unspecified atom stereocenters. The molecule has 2 aromatic rings. The topological polar surface area (TPSA) is 157 Å². The maximum absolute atomic E-state index is 12.9. The van der Waals surface area contributed by atoms with E-state index in [2.05, 4.69) is 4.74 Å². The first-order chi connectivity index (χ1) is 16.3. The number of ketones is 1. The fourth-order valence-electron chi connectivity index (χ4n) is 3.60. The number of nitro groups is 1. The van der Waals surface area contributed by atoms with Gasteiger partial charge in [0.2, 0.25) is 0 Å². The number of rotatable bonds is 9. The van der Waals surface area contributed by atoms with E-state index in [1.807, 2.05) is 0 Å². The second-order valence-corrected chi connectivity index (χ2v) is 7.25. The van der Waals surface area contributed by atoms with E-state index in [1.165, 1.54) is 60.5 Å². The van der Waals surface area contributed by atoms with Crippen LogP contribution in [0, 0.1) is 10.1 Å². The van der Waals surface area contributed by atoms with Gasteiger partial charge in [-0.05, 0) is 29.8 Å². The number of benzene rings is 2. The van der Waals surface area contributed by atoms with Gasteiger partial charge in [0.25, 0.3) is 17.4 Å². The molecule has 1 heterocycles. The summed E-state index contributed by atoms with van der Waals surface area (Å²) in [6.45, 7) is -0.143. The van der Waals surface area contributed by atoms with E-state index >= 15 is 0 Å². The number of esters is 1. The number of hydrogen-bond donors (Lipinski definition) is 2. The van der Waals surface area contributed by atoms with Gasteiger partial charge in [0.15, 0.2) is 0 Å². The predicted molar refractivity (Wildman–Crippen MR) is 118 cm³/mol. The molecule has 0 bridgehead atoms. The lowest BCUT2D eigenvalue weighted by atomic mass is 9.94. The number of nitrogens with zero attached hydrogens (tertiary/aromatic N) is 2. The number of hydrogen-bond acceptors (Lipinski definition) is 9. The molecular weight excluding hydrogens is 448 g/mol. The minimum absolute atomic E-state index is 0.00889. The van der Waals surface area contributed by atoms with Crippen LogP contribution in [0.3, 0.4) is 0 Å². The molecule has 178 valence electrons. The summed E-state index contributed by atoms with van der Waals surface area (Å²) >= 11 is 0. The van der Waals surface area contributed by atoms with Gasteiger partial charge in [0.1, 0.15) is 5.76 Å². The van der Waals surface area contributed by atoms with Crippen LogP contribution < -0.4 is 0 Å². The molecular formula is C23H22N2O9. The summed E-state index contributed by atoms with van der Waals surface area (Å²) in [5, 5.41) is 30.8. The Morgan fingerprint density at radius 2 is 1.68 bits per heavy atom. The highest BCUT2D eigenvalue weighted by molar-refractivity contribution is 6.46. The predicted octanol–water partition coefficient (Wildman–Crippen LogP) is 1.81. The third-order valence-electron chi connectivity index (χ3n) is 5.25. The summed E-state index contributed by atoms with van der Waals surface area (Å²) in [5.74, 6) is -2.85. The highest BCUT2D eigenvalue weighted by Crippen LogP contribution is 2.39. The van der Waals surface area contributed by atoms with Crippen LogP contribution in [0.15, 0.2) is 54.1 Å². The second-order valence-electron chi connectivity index (χ2n) is 7.25. The zero-order valence-electron chi connectivity index (χ0n) is 18.2. The normalized spacial score (nSPS) is 17.1. The van der Waals surface area contributed by atoms with Crippen LogP contribution >= 0.6 is 0 Å². The van der Waals surface area contributed by atoms with Crippen molar-refractivity contribution in [2.75, 3.05) is 33.5 Å². The zero-order valence-corrected chi connectivity index (χ0v) is 18.2. The number of carbonyl (C=O) groups is 3.